The lowest BCUT2D eigenvalue weighted by molar-refractivity contribution is -0.973. The Morgan fingerprint density at radius 2 is 0.867 bits per heavy atom. The second-order valence-electron chi connectivity index (χ2n) is 8.33. The van der Waals surface area contributed by atoms with Crippen molar-refractivity contribution in [2.75, 3.05) is 6.54 Å². The SMILES string of the molecule is CCCCCCCCCCC[N+](C(CC)C(=O)O)(C(CC)C(=O)O)C(CC)C(=O)O. The molecule has 0 spiro atoms. The van der Waals surface area contributed by atoms with Crippen molar-refractivity contribution in [1.29, 1.82) is 0 Å². The maximum atomic E-state index is 12.1. The highest BCUT2D eigenvalue weighted by Gasteiger charge is 2.55. The lowest BCUT2D eigenvalue weighted by atomic mass is 9.93. The largest absolute Gasteiger partial charge is 0.477 e. The minimum atomic E-state index is -1.12. The van der Waals surface area contributed by atoms with Gasteiger partial charge in [-0.25, -0.2) is 14.4 Å². The van der Waals surface area contributed by atoms with Crippen LogP contribution in [0.4, 0.5) is 0 Å². The van der Waals surface area contributed by atoms with E-state index in [9.17, 15) is 29.7 Å². The number of carboxylic acid groups (broad SMARTS) is 3. The molecule has 0 aliphatic rings. The maximum Gasteiger partial charge on any atom is 0.362 e. The van der Waals surface area contributed by atoms with E-state index in [0.29, 0.717) is 6.42 Å². The van der Waals surface area contributed by atoms with Gasteiger partial charge >= 0.3 is 17.9 Å². The highest BCUT2D eigenvalue weighted by atomic mass is 16.4. The number of hydrogen-bond donors (Lipinski definition) is 3. The molecular weight excluding hydrogens is 386 g/mol. The molecule has 3 atom stereocenters. The van der Waals surface area contributed by atoms with Gasteiger partial charge in [0.15, 0.2) is 18.1 Å². The van der Waals surface area contributed by atoms with Crippen molar-refractivity contribution in [3.63, 3.8) is 0 Å². The van der Waals surface area contributed by atoms with E-state index in [2.05, 4.69) is 6.92 Å². The molecule has 0 saturated carbocycles. The van der Waals surface area contributed by atoms with Crippen LogP contribution in [0.5, 0.6) is 0 Å². The Morgan fingerprint density at radius 3 is 1.13 bits per heavy atom. The van der Waals surface area contributed by atoms with E-state index in [0.717, 1.165) is 19.3 Å². The molecule has 176 valence electrons. The number of unbranched alkanes of at least 4 members (excludes halogenated alkanes) is 8. The third-order valence-corrected chi connectivity index (χ3v) is 6.41. The summed E-state index contributed by atoms with van der Waals surface area (Å²) in [6.07, 6.45) is 10.3. The molecule has 0 saturated heterocycles. The van der Waals surface area contributed by atoms with E-state index in [1.807, 2.05) is 0 Å². The molecular formula is C23H44NO6+. The molecule has 0 fully saturated rings. The number of rotatable bonds is 19. The third-order valence-electron chi connectivity index (χ3n) is 6.41. The molecule has 0 aliphatic heterocycles. The first-order valence-electron chi connectivity index (χ1n) is 11.8. The Morgan fingerprint density at radius 1 is 0.567 bits per heavy atom. The summed E-state index contributed by atoms with van der Waals surface area (Å²) < 4.78 is -0.403. The van der Waals surface area contributed by atoms with Crippen molar-refractivity contribution >= 4 is 17.9 Å². The molecule has 0 aromatic heterocycles. The molecule has 0 heterocycles. The number of hydrogen-bond acceptors (Lipinski definition) is 3. The third kappa shape index (κ3) is 7.89. The second-order valence-corrected chi connectivity index (χ2v) is 8.33. The van der Waals surface area contributed by atoms with Crippen LogP contribution in [-0.4, -0.2) is 62.4 Å². The number of carbonyl (C=O) groups is 3. The van der Waals surface area contributed by atoms with Crippen LogP contribution in [0.1, 0.15) is 105 Å². The molecule has 0 aromatic carbocycles. The molecule has 7 nitrogen and oxygen atoms in total. The highest BCUT2D eigenvalue weighted by Crippen LogP contribution is 2.32. The molecule has 3 unspecified atom stereocenters. The lowest BCUT2D eigenvalue weighted by Crippen LogP contribution is -2.72. The summed E-state index contributed by atoms with van der Waals surface area (Å²) in [5, 5.41) is 29.7. The van der Waals surface area contributed by atoms with Crippen molar-refractivity contribution in [3.05, 3.63) is 0 Å². The normalized spacial score (nSPS) is 16.4. The molecule has 0 amide bonds. The van der Waals surface area contributed by atoms with Crippen molar-refractivity contribution in [2.24, 2.45) is 0 Å². The van der Waals surface area contributed by atoms with Gasteiger partial charge in [0.1, 0.15) is 0 Å². The monoisotopic (exact) mass is 430 g/mol. The van der Waals surface area contributed by atoms with Gasteiger partial charge in [0.25, 0.3) is 0 Å². The molecule has 3 N–H and O–H groups in total. The molecule has 0 radical (unpaired) electrons. The summed E-state index contributed by atoms with van der Waals surface area (Å²) >= 11 is 0. The summed E-state index contributed by atoms with van der Waals surface area (Å²) in [5.74, 6) is -3.35. The average molecular weight is 431 g/mol. The van der Waals surface area contributed by atoms with Crippen LogP contribution in [0, 0.1) is 0 Å². The van der Waals surface area contributed by atoms with Crippen LogP contribution >= 0.6 is 0 Å². The van der Waals surface area contributed by atoms with Crippen molar-refractivity contribution in [3.8, 4) is 0 Å². The summed E-state index contributed by atoms with van der Waals surface area (Å²) in [4.78, 5) is 36.4. The lowest BCUT2D eigenvalue weighted by Gasteiger charge is -2.49. The number of aliphatic carboxylic acids is 3. The van der Waals surface area contributed by atoms with Crippen LogP contribution < -0.4 is 0 Å². The van der Waals surface area contributed by atoms with Gasteiger partial charge in [0, 0.05) is 19.3 Å². The first-order chi connectivity index (χ1) is 14.2. The predicted molar refractivity (Wildman–Crippen MR) is 117 cm³/mol. The van der Waals surface area contributed by atoms with Crippen molar-refractivity contribution < 1.29 is 34.2 Å². The van der Waals surface area contributed by atoms with E-state index in [1.165, 1.54) is 32.1 Å². The molecule has 0 rings (SSSR count). The number of nitrogens with zero attached hydrogens (tertiary/aromatic N) is 1. The standard InChI is InChI=1S/C23H43NO6/c1-5-9-10-11-12-13-14-15-16-17-24(18(6-2)21(25)26,19(7-3)22(27)28)20(8-4)23(29)30/h18-20H,5-17H2,1-4H3,(H2-,25,26,27,28,29,30)/p+1. The van der Waals surface area contributed by atoms with Gasteiger partial charge in [-0.1, -0.05) is 72.6 Å². The minimum Gasteiger partial charge on any atom is -0.477 e. The quantitative estimate of drug-likeness (QED) is 0.198. The summed E-state index contributed by atoms with van der Waals surface area (Å²) in [7, 11) is 0. The Bertz CT molecular complexity index is 467. The topological polar surface area (TPSA) is 112 Å². The Kier molecular flexibility index (Phi) is 14.4. The summed E-state index contributed by atoms with van der Waals surface area (Å²) in [6, 6.07) is -3.16. The van der Waals surface area contributed by atoms with E-state index < -0.39 is 40.5 Å². The van der Waals surface area contributed by atoms with Crippen LogP contribution in [0.2, 0.25) is 0 Å². The van der Waals surface area contributed by atoms with E-state index >= 15 is 0 Å². The maximum absolute atomic E-state index is 12.1. The van der Waals surface area contributed by atoms with E-state index in [1.54, 1.807) is 20.8 Å². The van der Waals surface area contributed by atoms with E-state index in [4.69, 9.17) is 0 Å². The Balaban J connectivity index is 5.55. The minimum absolute atomic E-state index is 0.195. The zero-order chi connectivity index (χ0) is 23.2. The van der Waals surface area contributed by atoms with Gasteiger partial charge in [0.05, 0.1) is 6.54 Å². The summed E-state index contributed by atoms with van der Waals surface area (Å²) in [5.41, 5.74) is 0. The first kappa shape index (κ1) is 28.4. The molecule has 7 heteroatoms. The number of carboxylic acids is 3. The fourth-order valence-corrected chi connectivity index (χ4v) is 4.98. The van der Waals surface area contributed by atoms with Crippen LogP contribution in [0.15, 0.2) is 0 Å². The van der Waals surface area contributed by atoms with E-state index in [-0.39, 0.29) is 25.8 Å². The highest BCUT2D eigenvalue weighted by molar-refractivity contribution is 5.78. The first-order valence-corrected chi connectivity index (χ1v) is 11.8. The van der Waals surface area contributed by atoms with Gasteiger partial charge in [-0.15, -0.1) is 0 Å². The van der Waals surface area contributed by atoms with Crippen molar-refractivity contribution in [2.45, 2.75) is 123 Å². The zero-order valence-electron chi connectivity index (χ0n) is 19.4. The van der Waals surface area contributed by atoms with Gasteiger partial charge in [0.2, 0.25) is 0 Å². The molecule has 0 aliphatic carbocycles. The van der Waals surface area contributed by atoms with Gasteiger partial charge in [-0.3, -0.25) is 4.48 Å². The van der Waals surface area contributed by atoms with Crippen LogP contribution in [-0.2, 0) is 14.4 Å². The average Bonchev–Trinajstić information content (AvgIpc) is 2.67. The fourth-order valence-electron chi connectivity index (χ4n) is 4.98. The van der Waals surface area contributed by atoms with Crippen molar-refractivity contribution in [1.82, 2.24) is 0 Å². The van der Waals surface area contributed by atoms with Gasteiger partial charge in [-0.05, 0) is 12.8 Å². The second kappa shape index (κ2) is 15.2. The van der Waals surface area contributed by atoms with Crippen LogP contribution in [0.25, 0.3) is 0 Å². The zero-order valence-corrected chi connectivity index (χ0v) is 19.4. The molecule has 0 bridgehead atoms. The summed E-state index contributed by atoms with van der Waals surface area (Å²) in [6.45, 7) is 7.55. The Labute approximate surface area is 182 Å². The van der Waals surface area contributed by atoms with Gasteiger partial charge < -0.3 is 15.3 Å². The predicted octanol–water partition coefficient (Wildman–Crippen LogP) is 4.92. The number of quaternary nitrogens is 1. The van der Waals surface area contributed by atoms with Crippen LogP contribution in [0.3, 0.4) is 0 Å². The molecule has 0 aromatic rings. The molecule has 30 heavy (non-hydrogen) atoms. The smallest absolute Gasteiger partial charge is 0.362 e. The fraction of sp³-hybridized carbons (Fsp3) is 0.870. The van der Waals surface area contributed by atoms with Gasteiger partial charge in [-0.2, -0.15) is 0 Å². The Hall–Kier alpha value is -1.63.